The zero-order chi connectivity index (χ0) is 28.5. The van der Waals surface area contributed by atoms with Crippen LogP contribution in [-0.2, 0) is 38.3 Å². The molecule has 2 saturated heterocycles. The molecule has 2 fully saturated rings. The van der Waals surface area contributed by atoms with Crippen LogP contribution < -0.4 is 0 Å². The molecule has 2 aromatic rings. The molecule has 0 aliphatic carbocycles. The number of carbonyl (C=O) groups is 1. The molecule has 0 radical (unpaired) electrons. The normalized spacial score (nSPS) is 26.4. The van der Waals surface area contributed by atoms with Crippen molar-refractivity contribution in [3.05, 3.63) is 68.7 Å². The lowest BCUT2D eigenvalue weighted by Crippen LogP contribution is -2.62. The highest BCUT2D eigenvalue weighted by molar-refractivity contribution is 7.92. The molecule has 0 N–H and O–H groups in total. The second-order valence-corrected chi connectivity index (χ2v) is 12.0. The van der Waals surface area contributed by atoms with Crippen molar-refractivity contribution in [3.8, 4) is 0 Å². The quantitative estimate of drug-likeness (QED) is 0.314. The van der Waals surface area contributed by atoms with E-state index in [1.54, 1.807) is 0 Å². The molecule has 39 heavy (non-hydrogen) atoms. The first-order valence-electron chi connectivity index (χ1n) is 11.4. The van der Waals surface area contributed by atoms with Crippen LogP contribution in [0, 0.1) is 5.92 Å². The predicted octanol–water partition coefficient (Wildman–Crippen LogP) is 5.98. The summed E-state index contributed by atoms with van der Waals surface area (Å²) in [6.45, 7) is -0.428. The number of alkyl halides is 7. The van der Waals surface area contributed by atoms with E-state index >= 15 is 4.39 Å². The van der Waals surface area contributed by atoms with Gasteiger partial charge in [-0.2, -0.15) is 26.3 Å². The Bertz CT molecular complexity index is 1340. The van der Waals surface area contributed by atoms with Crippen LogP contribution in [0.15, 0.2) is 41.6 Å². The molecule has 1 atom stereocenters. The van der Waals surface area contributed by atoms with Gasteiger partial charge in [0.1, 0.15) is 17.4 Å². The molecule has 3 heterocycles. The zero-order valence-corrected chi connectivity index (χ0v) is 21.8. The fourth-order valence-electron chi connectivity index (χ4n) is 4.75. The minimum atomic E-state index is -5.20. The topological polar surface area (TPSA) is 65.0 Å². The van der Waals surface area contributed by atoms with E-state index in [1.165, 1.54) is 29.2 Å². The van der Waals surface area contributed by atoms with Crippen LogP contribution in [0.3, 0.4) is 0 Å². The standard InChI is InChI=1S/C24H17Cl2F7N2O3S/c25-17-6-15(5-16(19(17)26)23(28,29)30)22(24(31,32)33)7-18(34-38-22)12-1-3-14(4-2-12)21(27)10-35(11-21)20(36)13-8-39(37)9-13/h1-6,13H,7-11H2. The number of hydrogen-bond donors (Lipinski definition) is 0. The SMILES string of the molecule is O=C(C1C[S+]([O-])C1)N1CC(F)(c2ccc(C3=NOC(c4cc(Cl)c(Cl)c(C(F)(F)F)c4)(C(F)(F)F)C3)cc2)C1. The highest BCUT2D eigenvalue weighted by Crippen LogP contribution is 2.51. The lowest BCUT2D eigenvalue weighted by Gasteiger charge is -2.46. The summed E-state index contributed by atoms with van der Waals surface area (Å²) >= 11 is 10.3. The Morgan fingerprint density at radius 3 is 2.21 bits per heavy atom. The van der Waals surface area contributed by atoms with Gasteiger partial charge in [-0.25, -0.2) is 4.39 Å². The van der Waals surface area contributed by atoms with Gasteiger partial charge in [-0.3, -0.25) is 4.79 Å². The molecular weight excluding hydrogens is 600 g/mol. The van der Waals surface area contributed by atoms with Crippen molar-refractivity contribution in [2.45, 2.75) is 30.0 Å². The number of carbonyl (C=O) groups excluding carboxylic acids is 1. The van der Waals surface area contributed by atoms with Crippen LogP contribution in [0.1, 0.15) is 28.7 Å². The summed E-state index contributed by atoms with van der Waals surface area (Å²) in [5.74, 6) is -0.134. The van der Waals surface area contributed by atoms with E-state index < -0.39 is 62.4 Å². The van der Waals surface area contributed by atoms with E-state index in [-0.39, 0.29) is 59.3 Å². The molecule has 3 aliphatic heterocycles. The number of benzene rings is 2. The lowest BCUT2D eigenvalue weighted by atomic mass is 9.84. The zero-order valence-electron chi connectivity index (χ0n) is 19.5. The third-order valence-electron chi connectivity index (χ3n) is 7.04. The largest absolute Gasteiger partial charge is 0.616 e. The molecular formula is C24H17Cl2F7N2O3S. The molecule has 2 aromatic carbocycles. The van der Waals surface area contributed by atoms with Gasteiger partial charge in [0, 0.05) is 12.0 Å². The van der Waals surface area contributed by atoms with Crippen molar-refractivity contribution in [3.63, 3.8) is 0 Å². The minimum Gasteiger partial charge on any atom is -0.616 e. The van der Waals surface area contributed by atoms with Crippen LogP contribution in [-0.4, -0.2) is 51.8 Å². The maximum absolute atomic E-state index is 15.4. The molecule has 5 nitrogen and oxygen atoms in total. The summed E-state index contributed by atoms with van der Waals surface area (Å²) in [5, 5.41) is 1.83. The van der Waals surface area contributed by atoms with Gasteiger partial charge in [-0.15, -0.1) is 0 Å². The van der Waals surface area contributed by atoms with Crippen molar-refractivity contribution >= 4 is 46.0 Å². The van der Waals surface area contributed by atoms with Crippen molar-refractivity contribution in [1.82, 2.24) is 4.90 Å². The van der Waals surface area contributed by atoms with Crippen molar-refractivity contribution in [1.29, 1.82) is 0 Å². The smallest absolute Gasteiger partial charge is 0.435 e. The summed E-state index contributed by atoms with van der Waals surface area (Å²) in [6, 6.07) is 6.22. The van der Waals surface area contributed by atoms with E-state index in [0.29, 0.717) is 6.07 Å². The highest BCUT2D eigenvalue weighted by atomic mass is 35.5. The molecule has 5 rings (SSSR count). The Morgan fingerprint density at radius 1 is 1.05 bits per heavy atom. The monoisotopic (exact) mass is 616 g/mol. The van der Waals surface area contributed by atoms with Crippen LogP contribution in [0.4, 0.5) is 30.7 Å². The summed E-state index contributed by atoms with van der Waals surface area (Å²) in [5.41, 5.74) is -7.52. The molecule has 1 unspecified atom stereocenters. The van der Waals surface area contributed by atoms with Crippen LogP contribution in [0.2, 0.25) is 10.0 Å². The Balaban J connectivity index is 1.35. The molecule has 1 amide bonds. The third-order valence-corrected chi connectivity index (χ3v) is 9.39. The Morgan fingerprint density at radius 2 is 1.67 bits per heavy atom. The summed E-state index contributed by atoms with van der Waals surface area (Å²) < 4.78 is 110. The fraction of sp³-hybridized carbons (Fsp3) is 0.417. The highest BCUT2D eigenvalue weighted by Gasteiger charge is 2.63. The first kappa shape index (κ1) is 28.3. The van der Waals surface area contributed by atoms with Gasteiger partial charge in [-0.05, 0) is 23.3 Å². The average Bonchev–Trinajstić information content (AvgIpc) is 3.28. The van der Waals surface area contributed by atoms with Crippen molar-refractivity contribution < 1.29 is 44.9 Å². The Hall–Kier alpha value is -2.22. The molecule has 0 saturated carbocycles. The number of nitrogens with zero attached hydrogens (tertiary/aromatic N) is 2. The molecule has 0 spiro atoms. The van der Waals surface area contributed by atoms with E-state index in [0.717, 1.165) is 0 Å². The molecule has 3 aliphatic rings. The number of likely N-dealkylation sites (tertiary alicyclic amines) is 1. The second kappa shape index (κ2) is 9.42. The summed E-state index contributed by atoms with van der Waals surface area (Å²) in [6.07, 6.45) is -11.3. The van der Waals surface area contributed by atoms with E-state index in [1.807, 2.05) is 0 Å². The first-order valence-corrected chi connectivity index (χ1v) is 13.6. The van der Waals surface area contributed by atoms with Gasteiger partial charge in [0.2, 0.25) is 5.91 Å². The van der Waals surface area contributed by atoms with Gasteiger partial charge >= 0.3 is 12.4 Å². The van der Waals surface area contributed by atoms with Crippen molar-refractivity contribution in [2.24, 2.45) is 11.1 Å². The van der Waals surface area contributed by atoms with Gasteiger partial charge in [0.05, 0.1) is 34.4 Å². The second-order valence-electron chi connectivity index (χ2n) is 9.66. The maximum atomic E-state index is 15.4. The predicted molar refractivity (Wildman–Crippen MR) is 129 cm³/mol. The molecule has 0 bridgehead atoms. The van der Waals surface area contributed by atoms with Crippen LogP contribution >= 0.6 is 23.2 Å². The molecule has 15 heteroatoms. The minimum absolute atomic E-state index is 0.133. The molecule has 0 aromatic heterocycles. The Kier molecular flexibility index (Phi) is 6.84. The number of hydrogen-bond acceptors (Lipinski definition) is 4. The lowest BCUT2D eigenvalue weighted by molar-refractivity contribution is -0.276. The van der Waals surface area contributed by atoms with Crippen molar-refractivity contribution in [2.75, 3.05) is 24.6 Å². The van der Waals surface area contributed by atoms with Crippen LogP contribution in [0.25, 0.3) is 0 Å². The van der Waals surface area contributed by atoms with Gasteiger partial charge in [0.15, 0.2) is 5.67 Å². The van der Waals surface area contributed by atoms with Gasteiger partial charge in [0.25, 0.3) is 5.60 Å². The number of halogens is 9. The number of rotatable bonds is 4. The first-order chi connectivity index (χ1) is 18.0. The van der Waals surface area contributed by atoms with E-state index in [2.05, 4.69) is 5.16 Å². The van der Waals surface area contributed by atoms with E-state index in [9.17, 15) is 35.7 Å². The van der Waals surface area contributed by atoms with Gasteiger partial charge in [-0.1, -0.05) is 63.8 Å². The van der Waals surface area contributed by atoms with Crippen LogP contribution in [0.5, 0.6) is 0 Å². The maximum Gasteiger partial charge on any atom is 0.435 e. The third kappa shape index (κ3) is 4.85. The van der Waals surface area contributed by atoms with Gasteiger partial charge < -0.3 is 14.3 Å². The number of amides is 1. The summed E-state index contributed by atoms with van der Waals surface area (Å²) in [7, 11) is 0. The fourth-order valence-corrected chi connectivity index (χ4v) is 6.27. The molecule has 210 valence electrons. The number of oxime groups is 1. The Labute approximate surface area is 230 Å². The van der Waals surface area contributed by atoms with E-state index in [4.69, 9.17) is 28.0 Å². The average molecular weight is 617 g/mol. The summed E-state index contributed by atoms with van der Waals surface area (Å²) in [4.78, 5) is 18.4.